The minimum atomic E-state index is -4.96. The first-order chi connectivity index (χ1) is 47.9. The molecule has 0 amide bonds. The minimum absolute atomic E-state index is 0.106. The molecule has 0 aliphatic heterocycles. The van der Waals surface area contributed by atoms with Crippen molar-refractivity contribution < 1.29 is 80.2 Å². The molecule has 0 heterocycles. The fraction of sp³-hybridized carbons (Fsp3) is 0.950. The van der Waals surface area contributed by atoms with Gasteiger partial charge in [-0.1, -0.05) is 369 Å². The van der Waals surface area contributed by atoms with Crippen LogP contribution in [0.15, 0.2) is 0 Å². The predicted molar refractivity (Wildman–Crippen MR) is 405 cm³/mol. The maximum absolute atomic E-state index is 13.1. The van der Waals surface area contributed by atoms with Gasteiger partial charge in [0.1, 0.15) is 19.3 Å². The molecule has 2 unspecified atom stereocenters. The van der Waals surface area contributed by atoms with Crippen molar-refractivity contribution in [3.8, 4) is 0 Å². The smallest absolute Gasteiger partial charge is 0.462 e. The number of hydrogen-bond acceptors (Lipinski definition) is 15. The molecule has 0 saturated carbocycles. The Labute approximate surface area is 607 Å². The molecule has 0 rings (SSSR count). The molecule has 0 aromatic rings. The van der Waals surface area contributed by atoms with Crippen molar-refractivity contribution in [3.63, 3.8) is 0 Å². The molecule has 99 heavy (non-hydrogen) atoms. The van der Waals surface area contributed by atoms with E-state index in [0.29, 0.717) is 25.7 Å². The molecule has 0 aliphatic carbocycles. The van der Waals surface area contributed by atoms with Gasteiger partial charge in [0.05, 0.1) is 26.4 Å². The Morgan fingerprint density at radius 1 is 0.273 bits per heavy atom. The molecule has 3 N–H and O–H groups in total. The third-order valence-corrected chi connectivity index (χ3v) is 20.6. The normalized spacial score (nSPS) is 13.9. The van der Waals surface area contributed by atoms with E-state index in [-0.39, 0.29) is 25.7 Å². The highest BCUT2D eigenvalue weighted by Crippen LogP contribution is 2.45. The number of aliphatic hydroxyl groups is 1. The zero-order valence-electron chi connectivity index (χ0n) is 64.8. The van der Waals surface area contributed by atoms with Gasteiger partial charge in [-0.15, -0.1) is 0 Å². The molecule has 19 heteroatoms. The van der Waals surface area contributed by atoms with Crippen LogP contribution >= 0.6 is 15.6 Å². The van der Waals surface area contributed by atoms with E-state index >= 15 is 0 Å². The number of hydrogen-bond donors (Lipinski definition) is 3. The first kappa shape index (κ1) is 97.1. The Bertz CT molecular complexity index is 1910. The van der Waals surface area contributed by atoms with Crippen molar-refractivity contribution in [2.75, 3.05) is 39.6 Å². The van der Waals surface area contributed by atoms with Crippen molar-refractivity contribution in [2.24, 2.45) is 11.8 Å². The lowest BCUT2D eigenvalue weighted by Crippen LogP contribution is -2.30. The van der Waals surface area contributed by atoms with Gasteiger partial charge < -0.3 is 33.8 Å². The van der Waals surface area contributed by atoms with Crippen molar-refractivity contribution in [2.45, 2.75) is 439 Å². The zero-order chi connectivity index (χ0) is 72.8. The van der Waals surface area contributed by atoms with Gasteiger partial charge in [-0.25, -0.2) is 9.13 Å². The molecule has 0 aromatic heterocycles. The van der Waals surface area contributed by atoms with Crippen LogP contribution in [0.3, 0.4) is 0 Å². The monoisotopic (exact) mass is 1450 g/mol. The predicted octanol–water partition coefficient (Wildman–Crippen LogP) is 23.9. The van der Waals surface area contributed by atoms with Crippen LogP contribution in [-0.2, 0) is 65.4 Å². The van der Waals surface area contributed by atoms with Gasteiger partial charge in [-0.05, 0) is 37.5 Å². The second-order valence-electron chi connectivity index (χ2n) is 29.8. The highest BCUT2D eigenvalue weighted by atomic mass is 31.2. The van der Waals surface area contributed by atoms with Crippen molar-refractivity contribution in [3.05, 3.63) is 0 Å². The number of phosphoric ester groups is 2. The Morgan fingerprint density at radius 2 is 0.465 bits per heavy atom. The third-order valence-electron chi connectivity index (χ3n) is 18.7. The van der Waals surface area contributed by atoms with Crippen LogP contribution < -0.4 is 0 Å². The summed E-state index contributed by atoms with van der Waals surface area (Å²) in [7, 11) is -9.91. The fourth-order valence-electron chi connectivity index (χ4n) is 12.4. The van der Waals surface area contributed by atoms with Gasteiger partial charge in [0.25, 0.3) is 0 Å². The van der Waals surface area contributed by atoms with Gasteiger partial charge >= 0.3 is 39.5 Å². The van der Waals surface area contributed by atoms with Gasteiger partial charge in [-0.3, -0.25) is 37.3 Å². The summed E-state index contributed by atoms with van der Waals surface area (Å²) in [6, 6.07) is 0. The lowest BCUT2D eigenvalue weighted by atomic mass is 10.0. The highest BCUT2D eigenvalue weighted by Gasteiger charge is 2.30. The van der Waals surface area contributed by atoms with Gasteiger partial charge in [0, 0.05) is 25.7 Å². The molecule has 0 radical (unpaired) electrons. The summed E-state index contributed by atoms with van der Waals surface area (Å²) in [5.74, 6) is -0.545. The van der Waals surface area contributed by atoms with Crippen molar-refractivity contribution >= 4 is 39.5 Å². The molecule has 0 aliphatic rings. The number of esters is 4. The number of ether oxygens (including phenoxy) is 4. The van der Waals surface area contributed by atoms with Gasteiger partial charge in [0.2, 0.25) is 0 Å². The average Bonchev–Trinajstić information content (AvgIpc) is 0.987. The Hall–Kier alpha value is -1.94. The van der Waals surface area contributed by atoms with Crippen molar-refractivity contribution in [1.29, 1.82) is 0 Å². The van der Waals surface area contributed by atoms with E-state index in [2.05, 4.69) is 41.5 Å². The molecule has 0 aromatic carbocycles. The highest BCUT2D eigenvalue weighted by molar-refractivity contribution is 7.47. The van der Waals surface area contributed by atoms with Crippen LogP contribution in [0.25, 0.3) is 0 Å². The zero-order valence-corrected chi connectivity index (χ0v) is 66.6. The van der Waals surface area contributed by atoms with Crippen LogP contribution in [0.1, 0.15) is 420 Å². The summed E-state index contributed by atoms with van der Waals surface area (Å²) in [5.41, 5.74) is 0. The van der Waals surface area contributed by atoms with Crippen molar-refractivity contribution in [1.82, 2.24) is 0 Å². The van der Waals surface area contributed by atoms with Gasteiger partial charge in [-0.2, -0.15) is 0 Å². The fourth-order valence-corrected chi connectivity index (χ4v) is 13.9. The maximum Gasteiger partial charge on any atom is 0.472 e. The first-order valence-electron chi connectivity index (χ1n) is 41.5. The SMILES string of the molecule is CCCCCCCCCCCCCCCCCCCCCCCCC(=O)O[C@H](COC(=O)CCCCCCCCCCCCCCCC(C)C)COP(=O)(O)OC[C@@H](O)COP(=O)(O)OC[C@@H](COC(=O)CCCCCCC)OC(=O)CCCCCCCCCCCCCCCC(C)C. The average molecular weight is 1450 g/mol. The molecule has 5 atom stereocenters. The van der Waals surface area contributed by atoms with E-state index in [1.807, 2.05) is 0 Å². The molecule has 0 fully saturated rings. The Balaban J connectivity index is 5.11. The van der Waals surface area contributed by atoms with Gasteiger partial charge in [0.15, 0.2) is 12.2 Å². The third kappa shape index (κ3) is 74.1. The van der Waals surface area contributed by atoms with Crippen LogP contribution in [0, 0.1) is 11.8 Å². The summed E-state index contributed by atoms with van der Waals surface area (Å²) < 4.78 is 68.4. The summed E-state index contributed by atoms with van der Waals surface area (Å²) >= 11 is 0. The van der Waals surface area contributed by atoms with E-state index in [1.54, 1.807) is 0 Å². The Morgan fingerprint density at radius 3 is 0.687 bits per heavy atom. The Kier molecular flexibility index (Phi) is 70.3. The second kappa shape index (κ2) is 71.7. The number of unbranched alkanes of at least 4 members (excludes halogenated alkanes) is 49. The lowest BCUT2D eigenvalue weighted by Gasteiger charge is -2.21. The summed E-state index contributed by atoms with van der Waals surface area (Å²) in [4.78, 5) is 72.7. The maximum atomic E-state index is 13.1. The van der Waals surface area contributed by atoms with Crippen LogP contribution in [0.2, 0.25) is 0 Å². The summed E-state index contributed by atoms with van der Waals surface area (Å²) in [6.07, 6.45) is 61.6. The number of phosphoric acid groups is 2. The summed E-state index contributed by atoms with van der Waals surface area (Å²) in [6.45, 7) is 9.57. The van der Waals surface area contributed by atoms with E-state index in [9.17, 15) is 43.2 Å². The lowest BCUT2D eigenvalue weighted by molar-refractivity contribution is -0.161. The molecule has 17 nitrogen and oxygen atoms in total. The number of aliphatic hydroxyl groups excluding tert-OH is 1. The minimum Gasteiger partial charge on any atom is -0.462 e. The summed E-state index contributed by atoms with van der Waals surface area (Å²) in [5, 5.41) is 10.6. The van der Waals surface area contributed by atoms with E-state index < -0.39 is 97.5 Å². The molecule has 588 valence electrons. The molecule has 0 spiro atoms. The van der Waals surface area contributed by atoms with Crippen LogP contribution in [-0.4, -0.2) is 96.7 Å². The van der Waals surface area contributed by atoms with Crippen LogP contribution in [0.5, 0.6) is 0 Å². The topological polar surface area (TPSA) is 237 Å². The largest absolute Gasteiger partial charge is 0.472 e. The number of carbonyl (C=O) groups is 4. The van der Waals surface area contributed by atoms with E-state index in [4.69, 9.17) is 37.0 Å². The molecule has 0 bridgehead atoms. The van der Waals surface area contributed by atoms with E-state index in [0.717, 1.165) is 108 Å². The van der Waals surface area contributed by atoms with Crippen LogP contribution in [0.4, 0.5) is 0 Å². The number of rotatable bonds is 79. The molecule has 0 saturated heterocycles. The second-order valence-corrected chi connectivity index (χ2v) is 32.7. The standard InChI is InChI=1S/C80H156O17P2/c1-7-9-11-13-14-15-16-17-18-19-20-21-22-23-24-25-30-36-41-46-52-58-65-80(85)97-76(69-91-78(83)63-57-51-45-40-35-31-26-28-33-38-43-49-54-60-72(3)4)71-95-99(88,89)93-67-74(81)66-92-98(86,87)94-70-75(68-90-77(82)62-56-48-12-10-8-2)96-79(84)64-59-53-47-42-37-32-27-29-34-39-44-50-55-61-73(5)6/h72-76,81H,7-71H2,1-6H3,(H,86,87)(H,88,89)/t74-,75+,76+/m0/s1. The molecular weight excluding hydrogens is 1290 g/mol. The quantitative estimate of drug-likeness (QED) is 0.0222. The first-order valence-corrected chi connectivity index (χ1v) is 44.5. The van der Waals surface area contributed by atoms with E-state index in [1.165, 1.54) is 231 Å². The number of carbonyl (C=O) groups excluding carboxylic acids is 4. The molecular formula is C80H156O17P2.